The highest BCUT2D eigenvalue weighted by Crippen LogP contribution is 2.40. The maximum Gasteiger partial charge on any atom is 0.356 e. The molecule has 0 amide bonds. The molecule has 82 valence electrons. The average Bonchev–Trinajstić information content (AvgIpc) is 2.45. The number of aromatic carboxylic acids is 1. The first-order chi connectivity index (χ1) is 6.91. The Labute approximate surface area is 87.1 Å². The van der Waals surface area contributed by atoms with Gasteiger partial charge in [0, 0.05) is 11.3 Å². The average molecular weight is 210 g/mol. The second kappa shape index (κ2) is 3.06. The number of nitrogens with one attached hydrogen (secondary N) is 1. The second-order valence-corrected chi connectivity index (χ2v) is 4.83. The molecule has 1 aromatic rings. The van der Waals surface area contributed by atoms with Crippen LogP contribution in [0, 0.1) is 5.41 Å². The molecule has 0 aliphatic heterocycles. The van der Waals surface area contributed by atoms with Crippen LogP contribution in [-0.2, 0) is 6.42 Å². The van der Waals surface area contributed by atoms with Gasteiger partial charge in [-0.3, -0.25) is 5.10 Å². The van der Waals surface area contributed by atoms with Crippen molar-refractivity contribution in [2.24, 2.45) is 5.41 Å². The molecule has 5 nitrogen and oxygen atoms in total. The van der Waals surface area contributed by atoms with Crippen LogP contribution in [0.2, 0.25) is 0 Å². The maximum absolute atomic E-state index is 10.8. The molecule has 15 heavy (non-hydrogen) atoms. The summed E-state index contributed by atoms with van der Waals surface area (Å²) in [4.78, 5) is 10.8. The Morgan fingerprint density at radius 1 is 1.60 bits per heavy atom. The van der Waals surface area contributed by atoms with Crippen molar-refractivity contribution >= 4 is 5.97 Å². The molecule has 1 atom stereocenters. The van der Waals surface area contributed by atoms with E-state index in [2.05, 4.69) is 10.2 Å². The Morgan fingerprint density at radius 3 is 2.87 bits per heavy atom. The zero-order chi connectivity index (χ0) is 11.2. The molecule has 2 rings (SSSR count). The summed E-state index contributed by atoms with van der Waals surface area (Å²) in [5.41, 5.74) is 1.14. The van der Waals surface area contributed by atoms with Crippen molar-refractivity contribution in [1.29, 1.82) is 0 Å². The topological polar surface area (TPSA) is 86.2 Å². The molecular weight excluding hydrogens is 196 g/mol. The fourth-order valence-corrected chi connectivity index (χ4v) is 2.22. The van der Waals surface area contributed by atoms with Crippen LogP contribution >= 0.6 is 0 Å². The van der Waals surface area contributed by atoms with Crippen LogP contribution in [0.1, 0.15) is 48.1 Å². The number of aliphatic hydroxyl groups excluding tert-OH is 1. The summed E-state index contributed by atoms with van der Waals surface area (Å²) in [6.07, 6.45) is 0.563. The van der Waals surface area contributed by atoms with E-state index in [0.717, 1.165) is 12.1 Å². The lowest BCUT2D eigenvalue weighted by Crippen LogP contribution is -2.26. The van der Waals surface area contributed by atoms with Gasteiger partial charge in [0.05, 0.1) is 6.10 Å². The van der Waals surface area contributed by atoms with Gasteiger partial charge in [0.2, 0.25) is 0 Å². The van der Waals surface area contributed by atoms with E-state index < -0.39 is 12.1 Å². The van der Waals surface area contributed by atoms with E-state index in [1.807, 2.05) is 13.8 Å². The minimum Gasteiger partial charge on any atom is -0.476 e. The van der Waals surface area contributed by atoms with Crippen LogP contribution in [0.3, 0.4) is 0 Å². The standard InChI is InChI=1S/C10H14N2O3/c1-10(2)3-5-7(6(13)4-10)8(9(14)15)12-11-5/h6,13H,3-4H2,1-2H3,(H,11,12)(H,14,15). The van der Waals surface area contributed by atoms with E-state index >= 15 is 0 Å². The molecule has 1 heterocycles. The molecule has 1 aliphatic rings. The van der Waals surface area contributed by atoms with Gasteiger partial charge in [0.1, 0.15) is 0 Å². The molecule has 0 fully saturated rings. The molecule has 0 bridgehead atoms. The van der Waals surface area contributed by atoms with Gasteiger partial charge in [-0.05, 0) is 18.3 Å². The predicted octanol–water partition coefficient (Wildman–Crippen LogP) is 1.11. The normalized spacial score (nSPS) is 23.5. The number of hydrogen-bond donors (Lipinski definition) is 3. The maximum atomic E-state index is 10.8. The van der Waals surface area contributed by atoms with E-state index in [9.17, 15) is 9.90 Å². The number of aliphatic hydroxyl groups is 1. The summed E-state index contributed by atoms with van der Waals surface area (Å²) >= 11 is 0. The van der Waals surface area contributed by atoms with Crippen LogP contribution in [0.15, 0.2) is 0 Å². The lowest BCUT2D eigenvalue weighted by atomic mass is 9.75. The van der Waals surface area contributed by atoms with Crippen LogP contribution in [0.5, 0.6) is 0 Å². The van der Waals surface area contributed by atoms with Gasteiger partial charge in [-0.2, -0.15) is 5.10 Å². The Balaban J connectivity index is 2.48. The Bertz CT molecular complexity index is 409. The highest BCUT2D eigenvalue weighted by molar-refractivity contribution is 5.87. The Hall–Kier alpha value is -1.36. The van der Waals surface area contributed by atoms with Gasteiger partial charge in [-0.15, -0.1) is 0 Å². The number of nitrogens with zero attached hydrogens (tertiary/aromatic N) is 1. The number of H-pyrrole nitrogens is 1. The molecule has 0 spiro atoms. The molecule has 3 N–H and O–H groups in total. The SMILES string of the molecule is CC1(C)Cc2[nH]nc(C(=O)O)c2C(O)C1. The van der Waals surface area contributed by atoms with Crippen molar-refractivity contribution < 1.29 is 15.0 Å². The largest absolute Gasteiger partial charge is 0.476 e. The summed E-state index contributed by atoms with van der Waals surface area (Å²) in [5, 5.41) is 25.2. The van der Waals surface area contributed by atoms with E-state index in [0.29, 0.717) is 12.0 Å². The van der Waals surface area contributed by atoms with Gasteiger partial charge in [0.25, 0.3) is 0 Å². The zero-order valence-corrected chi connectivity index (χ0v) is 8.74. The van der Waals surface area contributed by atoms with Gasteiger partial charge >= 0.3 is 5.97 Å². The molecule has 1 aromatic heterocycles. The molecule has 0 radical (unpaired) electrons. The lowest BCUT2D eigenvalue weighted by Gasteiger charge is -2.32. The third kappa shape index (κ3) is 1.63. The third-order valence-electron chi connectivity index (χ3n) is 2.82. The quantitative estimate of drug-likeness (QED) is 0.648. The first kappa shape index (κ1) is 10.2. The van der Waals surface area contributed by atoms with E-state index in [1.165, 1.54) is 0 Å². The highest BCUT2D eigenvalue weighted by atomic mass is 16.4. The van der Waals surface area contributed by atoms with Crippen molar-refractivity contribution in [2.75, 3.05) is 0 Å². The summed E-state index contributed by atoms with van der Waals surface area (Å²) in [5.74, 6) is -1.09. The van der Waals surface area contributed by atoms with E-state index in [-0.39, 0.29) is 11.1 Å². The number of hydrogen-bond acceptors (Lipinski definition) is 3. The number of carboxylic acid groups (broad SMARTS) is 1. The van der Waals surface area contributed by atoms with Crippen molar-refractivity contribution in [3.05, 3.63) is 17.0 Å². The molecule has 0 saturated carbocycles. The Kier molecular flexibility index (Phi) is 2.08. The van der Waals surface area contributed by atoms with Crippen molar-refractivity contribution in [1.82, 2.24) is 10.2 Å². The first-order valence-corrected chi connectivity index (χ1v) is 4.89. The van der Waals surface area contributed by atoms with Gasteiger partial charge < -0.3 is 10.2 Å². The number of fused-ring (bicyclic) bond motifs is 1. The second-order valence-electron chi connectivity index (χ2n) is 4.83. The third-order valence-corrected chi connectivity index (χ3v) is 2.82. The van der Waals surface area contributed by atoms with Crippen molar-refractivity contribution in [3.63, 3.8) is 0 Å². The zero-order valence-electron chi connectivity index (χ0n) is 8.74. The Morgan fingerprint density at radius 2 is 2.27 bits per heavy atom. The van der Waals surface area contributed by atoms with Gasteiger partial charge in [-0.1, -0.05) is 13.8 Å². The van der Waals surface area contributed by atoms with Crippen LogP contribution in [0.4, 0.5) is 0 Å². The molecule has 0 aromatic carbocycles. The summed E-state index contributed by atoms with van der Waals surface area (Å²) in [6.45, 7) is 4.08. The van der Waals surface area contributed by atoms with Crippen molar-refractivity contribution in [3.8, 4) is 0 Å². The van der Waals surface area contributed by atoms with Crippen molar-refractivity contribution in [2.45, 2.75) is 32.8 Å². The fourth-order valence-electron chi connectivity index (χ4n) is 2.22. The monoisotopic (exact) mass is 210 g/mol. The summed E-state index contributed by atoms with van der Waals surface area (Å²) < 4.78 is 0. The van der Waals surface area contributed by atoms with E-state index in [1.54, 1.807) is 0 Å². The van der Waals surface area contributed by atoms with Crippen LogP contribution in [-0.4, -0.2) is 26.4 Å². The molecule has 5 heteroatoms. The number of rotatable bonds is 1. The number of aromatic nitrogens is 2. The summed E-state index contributed by atoms with van der Waals surface area (Å²) in [7, 11) is 0. The van der Waals surface area contributed by atoms with E-state index in [4.69, 9.17) is 5.11 Å². The molecule has 0 saturated heterocycles. The number of carbonyl (C=O) groups is 1. The molecular formula is C10H14N2O3. The molecule has 1 aliphatic carbocycles. The molecule has 1 unspecified atom stereocenters. The minimum atomic E-state index is -1.09. The summed E-state index contributed by atoms with van der Waals surface area (Å²) in [6, 6.07) is 0. The van der Waals surface area contributed by atoms with Gasteiger partial charge in [0.15, 0.2) is 5.69 Å². The van der Waals surface area contributed by atoms with Crippen LogP contribution in [0.25, 0.3) is 0 Å². The highest BCUT2D eigenvalue weighted by Gasteiger charge is 2.36. The number of carboxylic acids is 1. The number of aromatic amines is 1. The van der Waals surface area contributed by atoms with Crippen LogP contribution < -0.4 is 0 Å². The fraction of sp³-hybridized carbons (Fsp3) is 0.600. The predicted molar refractivity (Wildman–Crippen MR) is 52.6 cm³/mol. The minimum absolute atomic E-state index is 0.0191. The first-order valence-electron chi connectivity index (χ1n) is 4.89. The van der Waals surface area contributed by atoms with Gasteiger partial charge in [-0.25, -0.2) is 4.79 Å². The lowest BCUT2D eigenvalue weighted by molar-refractivity contribution is 0.0666. The smallest absolute Gasteiger partial charge is 0.356 e.